The highest BCUT2D eigenvalue weighted by Gasteiger charge is 2.17. The van der Waals surface area contributed by atoms with E-state index < -0.39 is 0 Å². The van der Waals surface area contributed by atoms with Crippen molar-refractivity contribution < 1.29 is 4.74 Å². The molecule has 1 N–H and O–H groups in total. The lowest BCUT2D eigenvalue weighted by Crippen LogP contribution is -2.44. The third-order valence-electron chi connectivity index (χ3n) is 3.75. The van der Waals surface area contributed by atoms with E-state index >= 15 is 0 Å². The van der Waals surface area contributed by atoms with Gasteiger partial charge >= 0.3 is 0 Å². The molecule has 0 bridgehead atoms. The van der Waals surface area contributed by atoms with Gasteiger partial charge in [0.2, 0.25) is 0 Å². The van der Waals surface area contributed by atoms with Crippen LogP contribution in [0.15, 0.2) is 18.2 Å². The monoisotopic (exact) mass is 277 g/mol. The van der Waals surface area contributed by atoms with Gasteiger partial charge in [-0.15, -0.1) is 0 Å². The van der Waals surface area contributed by atoms with Crippen molar-refractivity contribution in [3.63, 3.8) is 0 Å². The normalized spacial score (nSPS) is 16.4. The summed E-state index contributed by atoms with van der Waals surface area (Å²) in [5, 5.41) is 3.36. The molecular weight excluding hydrogens is 250 g/mol. The largest absolute Gasteiger partial charge is 0.492 e. The van der Waals surface area contributed by atoms with Crippen molar-refractivity contribution in [1.82, 2.24) is 10.2 Å². The molecule has 1 heterocycles. The van der Waals surface area contributed by atoms with Crippen molar-refractivity contribution >= 4 is 5.69 Å². The van der Waals surface area contributed by atoms with Crippen LogP contribution in [0.2, 0.25) is 0 Å². The SMILES string of the molecule is CCNCc1ccc(N2CCN(C)CC2)c(OCC)c1. The van der Waals surface area contributed by atoms with Crippen molar-refractivity contribution in [2.75, 3.05) is 51.3 Å². The van der Waals surface area contributed by atoms with E-state index in [1.165, 1.54) is 11.3 Å². The van der Waals surface area contributed by atoms with E-state index in [0.717, 1.165) is 45.0 Å². The zero-order chi connectivity index (χ0) is 14.4. The molecule has 1 aliphatic rings. The smallest absolute Gasteiger partial charge is 0.142 e. The van der Waals surface area contributed by atoms with Crippen LogP contribution in [-0.4, -0.2) is 51.3 Å². The first kappa shape index (κ1) is 15.1. The van der Waals surface area contributed by atoms with Gasteiger partial charge in [0, 0.05) is 32.7 Å². The van der Waals surface area contributed by atoms with Crippen LogP contribution in [0.25, 0.3) is 0 Å². The van der Waals surface area contributed by atoms with E-state index in [9.17, 15) is 0 Å². The molecule has 4 heteroatoms. The third-order valence-corrected chi connectivity index (χ3v) is 3.75. The Balaban J connectivity index is 2.14. The Bertz CT molecular complexity index is 414. The maximum atomic E-state index is 5.85. The van der Waals surface area contributed by atoms with Gasteiger partial charge in [-0.3, -0.25) is 0 Å². The molecule has 1 aromatic carbocycles. The Morgan fingerprint density at radius 3 is 2.55 bits per heavy atom. The summed E-state index contributed by atoms with van der Waals surface area (Å²) in [6.07, 6.45) is 0. The molecule has 4 nitrogen and oxygen atoms in total. The molecule has 1 fully saturated rings. The standard InChI is InChI=1S/C16H27N3O/c1-4-17-13-14-6-7-15(16(12-14)20-5-2)19-10-8-18(3)9-11-19/h6-7,12,17H,4-5,8-11,13H2,1-3H3. The predicted octanol–water partition coefficient (Wildman–Crippen LogP) is 1.95. The van der Waals surface area contributed by atoms with Crippen LogP contribution < -0.4 is 15.0 Å². The third kappa shape index (κ3) is 3.87. The molecule has 0 unspecified atom stereocenters. The number of benzene rings is 1. The second-order valence-corrected chi connectivity index (χ2v) is 5.31. The fraction of sp³-hybridized carbons (Fsp3) is 0.625. The summed E-state index contributed by atoms with van der Waals surface area (Å²) >= 11 is 0. The van der Waals surface area contributed by atoms with Crippen LogP contribution in [-0.2, 0) is 6.54 Å². The van der Waals surface area contributed by atoms with Gasteiger partial charge in [0.15, 0.2) is 0 Å². The van der Waals surface area contributed by atoms with Gasteiger partial charge in [-0.25, -0.2) is 0 Å². The average molecular weight is 277 g/mol. The molecule has 0 saturated carbocycles. The zero-order valence-electron chi connectivity index (χ0n) is 13.0. The Morgan fingerprint density at radius 2 is 1.90 bits per heavy atom. The number of anilines is 1. The molecular formula is C16H27N3O. The van der Waals surface area contributed by atoms with Crippen LogP contribution in [0.4, 0.5) is 5.69 Å². The van der Waals surface area contributed by atoms with Crippen LogP contribution in [0, 0.1) is 0 Å². The number of piperazine rings is 1. The van der Waals surface area contributed by atoms with Gasteiger partial charge in [-0.2, -0.15) is 0 Å². The van der Waals surface area contributed by atoms with E-state index in [0.29, 0.717) is 6.61 Å². The number of nitrogens with zero attached hydrogens (tertiary/aromatic N) is 2. The fourth-order valence-corrected chi connectivity index (χ4v) is 2.52. The van der Waals surface area contributed by atoms with Gasteiger partial charge in [0.25, 0.3) is 0 Å². The fourth-order valence-electron chi connectivity index (χ4n) is 2.52. The predicted molar refractivity (Wildman–Crippen MR) is 84.7 cm³/mol. The van der Waals surface area contributed by atoms with Gasteiger partial charge in [0.05, 0.1) is 12.3 Å². The van der Waals surface area contributed by atoms with Crippen LogP contribution in [0.1, 0.15) is 19.4 Å². The Morgan fingerprint density at radius 1 is 1.15 bits per heavy atom. The highest BCUT2D eigenvalue weighted by atomic mass is 16.5. The highest BCUT2D eigenvalue weighted by Crippen LogP contribution is 2.30. The van der Waals surface area contributed by atoms with E-state index in [1.807, 2.05) is 6.92 Å². The molecule has 112 valence electrons. The van der Waals surface area contributed by atoms with Crippen LogP contribution in [0.5, 0.6) is 5.75 Å². The average Bonchev–Trinajstić information content (AvgIpc) is 2.47. The lowest BCUT2D eigenvalue weighted by atomic mass is 10.1. The molecule has 0 aromatic heterocycles. The minimum absolute atomic E-state index is 0.714. The van der Waals surface area contributed by atoms with Crippen molar-refractivity contribution in [3.8, 4) is 5.75 Å². The first-order chi connectivity index (χ1) is 9.74. The molecule has 0 radical (unpaired) electrons. The molecule has 1 saturated heterocycles. The number of rotatable bonds is 6. The molecule has 0 atom stereocenters. The van der Waals surface area contributed by atoms with Crippen molar-refractivity contribution in [1.29, 1.82) is 0 Å². The summed E-state index contributed by atoms with van der Waals surface area (Å²) in [4.78, 5) is 4.80. The number of likely N-dealkylation sites (N-methyl/N-ethyl adjacent to an activating group) is 1. The summed E-state index contributed by atoms with van der Waals surface area (Å²) < 4.78 is 5.85. The summed E-state index contributed by atoms with van der Waals surface area (Å²) in [6.45, 7) is 11.2. The summed E-state index contributed by atoms with van der Waals surface area (Å²) in [5.41, 5.74) is 2.52. The molecule has 20 heavy (non-hydrogen) atoms. The van der Waals surface area contributed by atoms with Crippen LogP contribution >= 0.6 is 0 Å². The molecule has 1 aliphatic heterocycles. The summed E-state index contributed by atoms with van der Waals surface area (Å²) in [6, 6.07) is 6.60. The quantitative estimate of drug-likeness (QED) is 0.860. The Hall–Kier alpha value is -1.26. The topological polar surface area (TPSA) is 27.7 Å². The molecule has 0 spiro atoms. The second kappa shape index (κ2) is 7.50. The summed E-state index contributed by atoms with van der Waals surface area (Å²) in [7, 11) is 2.18. The minimum atomic E-state index is 0.714. The van der Waals surface area contributed by atoms with Gasteiger partial charge in [0.1, 0.15) is 5.75 Å². The number of ether oxygens (including phenoxy) is 1. The maximum absolute atomic E-state index is 5.85. The minimum Gasteiger partial charge on any atom is -0.492 e. The van der Waals surface area contributed by atoms with Gasteiger partial charge in [-0.05, 0) is 38.2 Å². The Kier molecular flexibility index (Phi) is 5.68. The van der Waals surface area contributed by atoms with Gasteiger partial charge in [-0.1, -0.05) is 13.0 Å². The molecule has 0 aliphatic carbocycles. The Labute approximate surface area is 122 Å². The number of nitrogens with one attached hydrogen (secondary N) is 1. The molecule has 0 amide bonds. The zero-order valence-corrected chi connectivity index (χ0v) is 13.0. The summed E-state index contributed by atoms with van der Waals surface area (Å²) in [5.74, 6) is 1.02. The van der Waals surface area contributed by atoms with Gasteiger partial charge < -0.3 is 19.9 Å². The second-order valence-electron chi connectivity index (χ2n) is 5.31. The first-order valence-corrected chi connectivity index (χ1v) is 7.64. The van der Waals surface area contributed by atoms with Crippen LogP contribution in [0.3, 0.4) is 0 Å². The molecule has 2 rings (SSSR count). The molecule has 1 aromatic rings. The first-order valence-electron chi connectivity index (χ1n) is 7.64. The van der Waals surface area contributed by atoms with Crippen molar-refractivity contribution in [2.45, 2.75) is 20.4 Å². The maximum Gasteiger partial charge on any atom is 0.142 e. The number of hydrogen-bond donors (Lipinski definition) is 1. The van der Waals surface area contributed by atoms with E-state index in [2.05, 4.69) is 47.3 Å². The number of hydrogen-bond acceptors (Lipinski definition) is 4. The van der Waals surface area contributed by atoms with E-state index in [-0.39, 0.29) is 0 Å². The van der Waals surface area contributed by atoms with E-state index in [1.54, 1.807) is 0 Å². The lowest BCUT2D eigenvalue weighted by molar-refractivity contribution is 0.307. The van der Waals surface area contributed by atoms with Crippen molar-refractivity contribution in [2.24, 2.45) is 0 Å². The highest BCUT2D eigenvalue weighted by molar-refractivity contribution is 5.60. The van der Waals surface area contributed by atoms with E-state index in [4.69, 9.17) is 4.74 Å². The van der Waals surface area contributed by atoms with Crippen molar-refractivity contribution in [3.05, 3.63) is 23.8 Å². The lowest BCUT2D eigenvalue weighted by Gasteiger charge is -2.35.